The van der Waals surface area contributed by atoms with Gasteiger partial charge in [0.15, 0.2) is 0 Å². The molecule has 0 aliphatic rings. The Balaban J connectivity index is 2.41. The summed E-state index contributed by atoms with van der Waals surface area (Å²) in [4.78, 5) is 0. The molecule has 0 saturated carbocycles. The van der Waals surface area contributed by atoms with Gasteiger partial charge in [0.25, 0.3) is 0 Å². The summed E-state index contributed by atoms with van der Waals surface area (Å²) in [5.74, 6) is 0. The van der Waals surface area contributed by atoms with Crippen molar-refractivity contribution in [1.82, 2.24) is 0 Å². The lowest BCUT2D eigenvalue weighted by atomic mass is 10.0. The van der Waals surface area contributed by atoms with Gasteiger partial charge >= 0.3 is 0 Å². The lowest BCUT2D eigenvalue weighted by molar-refractivity contribution is 0.319. The van der Waals surface area contributed by atoms with Crippen LogP contribution in [-0.2, 0) is 0 Å². The molecule has 0 aromatic heterocycles. The van der Waals surface area contributed by atoms with Crippen LogP contribution in [0.1, 0.15) is 16.7 Å². The van der Waals surface area contributed by atoms with Crippen LogP contribution < -0.4 is 0 Å². The zero-order valence-electron chi connectivity index (χ0n) is 9.39. The molecule has 2 nitrogen and oxygen atoms in total. The average molecular weight is 246 g/mol. The number of hydrogen-bond acceptors (Lipinski definition) is 2. The van der Waals surface area contributed by atoms with E-state index in [4.69, 9.17) is 16.8 Å². The third-order valence-corrected chi connectivity index (χ3v) is 2.79. The van der Waals surface area contributed by atoms with Crippen molar-refractivity contribution in [2.24, 2.45) is 5.16 Å². The highest BCUT2D eigenvalue weighted by Crippen LogP contribution is 2.15. The largest absolute Gasteiger partial charge is 0.410 e. The number of hydrogen-bond donors (Lipinski definition) is 1. The zero-order chi connectivity index (χ0) is 12.3. The highest BCUT2D eigenvalue weighted by molar-refractivity contribution is 6.30. The Morgan fingerprint density at radius 1 is 0.941 bits per heavy atom. The Bertz CT molecular complexity index is 482. The Morgan fingerprint density at radius 2 is 1.41 bits per heavy atom. The third kappa shape index (κ3) is 2.66. The van der Waals surface area contributed by atoms with E-state index in [1.165, 1.54) is 5.56 Å². The van der Waals surface area contributed by atoms with Gasteiger partial charge in [-0.1, -0.05) is 58.7 Å². The number of rotatable bonds is 2. The molecule has 0 fully saturated rings. The van der Waals surface area contributed by atoms with E-state index in [-0.39, 0.29) is 0 Å². The molecule has 0 radical (unpaired) electrons. The van der Waals surface area contributed by atoms with Crippen LogP contribution in [0, 0.1) is 6.92 Å². The molecule has 0 aliphatic carbocycles. The van der Waals surface area contributed by atoms with Crippen LogP contribution in [0.4, 0.5) is 0 Å². The van der Waals surface area contributed by atoms with Gasteiger partial charge in [-0.25, -0.2) is 0 Å². The van der Waals surface area contributed by atoms with Crippen LogP contribution in [0.3, 0.4) is 0 Å². The predicted molar refractivity (Wildman–Crippen MR) is 70.1 cm³/mol. The molecule has 0 spiro atoms. The molecular weight excluding hydrogens is 234 g/mol. The van der Waals surface area contributed by atoms with E-state index >= 15 is 0 Å². The molecule has 17 heavy (non-hydrogen) atoms. The van der Waals surface area contributed by atoms with Crippen LogP contribution in [0.25, 0.3) is 0 Å². The van der Waals surface area contributed by atoms with Gasteiger partial charge in [-0.2, -0.15) is 0 Å². The number of halogens is 1. The van der Waals surface area contributed by atoms with Crippen molar-refractivity contribution in [3.63, 3.8) is 0 Å². The molecular formula is C14H12ClNO. The van der Waals surface area contributed by atoms with Gasteiger partial charge in [-0.15, -0.1) is 0 Å². The molecule has 0 saturated heterocycles. The molecule has 0 heterocycles. The second-order valence-corrected chi connectivity index (χ2v) is 4.26. The summed E-state index contributed by atoms with van der Waals surface area (Å²) in [6.07, 6.45) is 0. The van der Waals surface area contributed by atoms with Crippen molar-refractivity contribution in [2.75, 3.05) is 0 Å². The van der Waals surface area contributed by atoms with E-state index in [0.717, 1.165) is 11.1 Å². The van der Waals surface area contributed by atoms with Crippen molar-refractivity contribution in [2.45, 2.75) is 6.92 Å². The standard InChI is InChI=1S/C14H12ClNO/c1-10-2-4-11(5-3-10)14(16-17)12-6-8-13(15)9-7-12/h2-9,17H,1H3/b16-14-. The van der Waals surface area contributed by atoms with Crippen molar-refractivity contribution in [3.05, 3.63) is 70.2 Å². The first-order valence-electron chi connectivity index (χ1n) is 5.26. The molecule has 2 aromatic rings. The van der Waals surface area contributed by atoms with E-state index in [0.29, 0.717) is 10.7 Å². The normalized spacial score (nSPS) is 11.5. The quantitative estimate of drug-likeness (QED) is 0.486. The maximum absolute atomic E-state index is 9.13. The summed E-state index contributed by atoms with van der Waals surface area (Å²) < 4.78 is 0. The van der Waals surface area contributed by atoms with Crippen molar-refractivity contribution < 1.29 is 5.21 Å². The molecule has 2 rings (SSSR count). The first kappa shape index (κ1) is 11.7. The van der Waals surface area contributed by atoms with Crippen LogP contribution in [0.15, 0.2) is 53.7 Å². The first-order chi connectivity index (χ1) is 8.20. The number of oxime groups is 1. The Hall–Kier alpha value is -1.80. The second-order valence-electron chi connectivity index (χ2n) is 3.82. The number of benzene rings is 2. The third-order valence-electron chi connectivity index (χ3n) is 2.54. The topological polar surface area (TPSA) is 32.6 Å². The van der Waals surface area contributed by atoms with Crippen molar-refractivity contribution >= 4 is 17.3 Å². The van der Waals surface area contributed by atoms with E-state index in [1.807, 2.05) is 43.3 Å². The van der Waals surface area contributed by atoms with Gasteiger partial charge in [0.1, 0.15) is 5.71 Å². The zero-order valence-corrected chi connectivity index (χ0v) is 10.1. The van der Waals surface area contributed by atoms with Crippen LogP contribution in [0.5, 0.6) is 0 Å². The van der Waals surface area contributed by atoms with Gasteiger partial charge in [0.2, 0.25) is 0 Å². The summed E-state index contributed by atoms with van der Waals surface area (Å²) in [5, 5.41) is 13.1. The predicted octanol–water partition coefficient (Wildman–Crippen LogP) is 3.88. The van der Waals surface area contributed by atoms with Gasteiger partial charge < -0.3 is 5.21 Å². The number of nitrogens with zero attached hydrogens (tertiary/aromatic N) is 1. The minimum Gasteiger partial charge on any atom is -0.410 e. The summed E-state index contributed by atoms with van der Waals surface area (Å²) in [7, 11) is 0. The minimum absolute atomic E-state index is 0.543. The Morgan fingerprint density at radius 3 is 1.88 bits per heavy atom. The summed E-state index contributed by atoms with van der Waals surface area (Å²) in [6.45, 7) is 2.02. The molecule has 86 valence electrons. The fourth-order valence-corrected chi connectivity index (χ4v) is 1.73. The molecule has 0 unspecified atom stereocenters. The smallest absolute Gasteiger partial charge is 0.117 e. The average Bonchev–Trinajstić information content (AvgIpc) is 2.35. The number of aryl methyl sites for hydroxylation is 1. The van der Waals surface area contributed by atoms with E-state index in [2.05, 4.69) is 5.16 Å². The molecule has 0 amide bonds. The highest BCUT2D eigenvalue weighted by atomic mass is 35.5. The van der Waals surface area contributed by atoms with Gasteiger partial charge in [0, 0.05) is 16.1 Å². The van der Waals surface area contributed by atoms with Gasteiger partial charge in [0.05, 0.1) is 0 Å². The van der Waals surface area contributed by atoms with Gasteiger partial charge in [-0.3, -0.25) is 0 Å². The summed E-state index contributed by atoms with van der Waals surface area (Å²) in [5.41, 5.74) is 3.42. The maximum atomic E-state index is 9.13. The first-order valence-corrected chi connectivity index (χ1v) is 5.63. The fraction of sp³-hybridized carbons (Fsp3) is 0.0714. The SMILES string of the molecule is Cc1ccc(/C(=N/O)c2ccc(Cl)cc2)cc1. The minimum atomic E-state index is 0.543. The van der Waals surface area contributed by atoms with E-state index in [9.17, 15) is 0 Å². The molecule has 0 bridgehead atoms. The Labute approximate surface area is 105 Å². The van der Waals surface area contributed by atoms with E-state index < -0.39 is 0 Å². The van der Waals surface area contributed by atoms with Gasteiger partial charge in [-0.05, 0) is 19.1 Å². The lowest BCUT2D eigenvalue weighted by Crippen LogP contribution is -2.02. The van der Waals surface area contributed by atoms with Crippen LogP contribution >= 0.6 is 11.6 Å². The summed E-state index contributed by atoms with van der Waals surface area (Å²) in [6, 6.07) is 15.0. The highest BCUT2D eigenvalue weighted by Gasteiger charge is 2.07. The van der Waals surface area contributed by atoms with Crippen molar-refractivity contribution in [3.8, 4) is 0 Å². The Kier molecular flexibility index (Phi) is 3.45. The van der Waals surface area contributed by atoms with Crippen LogP contribution in [-0.4, -0.2) is 10.9 Å². The molecule has 2 aromatic carbocycles. The fourth-order valence-electron chi connectivity index (χ4n) is 1.60. The molecule has 3 heteroatoms. The molecule has 0 aliphatic heterocycles. The lowest BCUT2D eigenvalue weighted by Gasteiger charge is -2.05. The second kappa shape index (κ2) is 5.02. The molecule has 1 N–H and O–H groups in total. The monoisotopic (exact) mass is 245 g/mol. The van der Waals surface area contributed by atoms with Crippen LogP contribution in [0.2, 0.25) is 5.02 Å². The van der Waals surface area contributed by atoms with Crippen molar-refractivity contribution in [1.29, 1.82) is 0 Å². The molecule has 0 atom stereocenters. The van der Waals surface area contributed by atoms with E-state index in [1.54, 1.807) is 12.1 Å². The maximum Gasteiger partial charge on any atom is 0.117 e. The summed E-state index contributed by atoms with van der Waals surface area (Å²) >= 11 is 5.82.